The smallest absolute Gasteiger partial charge is 0.256 e. The maximum atomic E-state index is 13.8. The number of likely N-dealkylation sites (tertiary alicyclic amines) is 2. The van der Waals surface area contributed by atoms with E-state index in [-0.39, 0.29) is 24.3 Å². The molecule has 0 N–H and O–H groups in total. The number of ether oxygens (including phenoxy) is 3. The number of hydrogen-bond acceptors (Lipinski definition) is 6. The van der Waals surface area contributed by atoms with Crippen LogP contribution in [0, 0.1) is 0 Å². The molecule has 1 atom stereocenters. The Hall–Kier alpha value is -3.59. The van der Waals surface area contributed by atoms with E-state index in [1.807, 2.05) is 23.1 Å². The zero-order chi connectivity index (χ0) is 26.0. The molecule has 3 amide bonds. The molecule has 0 unspecified atom stereocenters. The van der Waals surface area contributed by atoms with Crippen molar-refractivity contribution >= 4 is 17.7 Å². The quantitative estimate of drug-likeness (QED) is 0.619. The highest BCUT2D eigenvalue weighted by molar-refractivity contribution is 5.99. The van der Waals surface area contributed by atoms with Crippen LogP contribution in [0.5, 0.6) is 11.5 Å². The van der Waals surface area contributed by atoms with Gasteiger partial charge in [-0.2, -0.15) is 0 Å². The number of nitrogens with zero attached hydrogens (tertiary/aromatic N) is 3. The number of benzene rings is 2. The molecule has 2 aromatic carbocycles. The molecule has 37 heavy (non-hydrogen) atoms. The molecule has 5 rings (SSSR count). The summed E-state index contributed by atoms with van der Waals surface area (Å²) in [5.41, 5.74) is 0.0946. The van der Waals surface area contributed by atoms with Crippen LogP contribution in [0.2, 0.25) is 0 Å². The second kappa shape index (κ2) is 10.4. The molecule has 3 aliphatic rings. The normalized spacial score (nSPS) is 20.8. The minimum atomic E-state index is -0.929. The van der Waals surface area contributed by atoms with Crippen LogP contribution in [0.4, 0.5) is 0 Å². The minimum absolute atomic E-state index is 0.0533. The summed E-state index contributed by atoms with van der Waals surface area (Å²) in [6, 6.07) is 13.5. The Morgan fingerprint density at radius 2 is 1.49 bits per heavy atom. The summed E-state index contributed by atoms with van der Waals surface area (Å²) >= 11 is 0. The molecule has 1 spiro atoms. The zero-order valence-electron chi connectivity index (χ0n) is 21.4. The molecule has 0 radical (unpaired) electrons. The highest BCUT2D eigenvalue weighted by atomic mass is 16.5. The summed E-state index contributed by atoms with van der Waals surface area (Å²) in [7, 11) is 3.08. The van der Waals surface area contributed by atoms with Gasteiger partial charge in [-0.25, -0.2) is 0 Å². The molecule has 196 valence electrons. The number of methoxy groups -OCH3 is 2. The lowest BCUT2D eigenvalue weighted by atomic mass is 9.96. The van der Waals surface area contributed by atoms with E-state index in [2.05, 4.69) is 0 Å². The number of carbonyl (C=O) groups is 3. The monoisotopic (exact) mass is 507 g/mol. The molecule has 3 fully saturated rings. The Balaban J connectivity index is 1.37. The zero-order valence-corrected chi connectivity index (χ0v) is 21.4. The van der Waals surface area contributed by atoms with Gasteiger partial charge in [-0.3, -0.25) is 19.3 Å². The number of piperidine rings is 1. The van der Waals surface area contributed by atoms with Gasteiger partial charge in [-0.1, -0.05) is 18.2 Å². The van der Waals surface area contributed by atoms with Crippen LogP contribution < -0.4 is 9.47 Å². The van der Waals surface area contributed by atoms with Crippen LogP contribution in [-0.2, 0) is 9.53 Å². The second-order valence-corrected chi connectivity index (χ2v) is 9.71. The third-order valence-electron chi connectivity index (χ3n) is 7.67. The molecule has 9 heteroatoms. The van der Waals surface area contributed by atoms with Crippen molar-refractivity contribution in [2.75, 3.05) is 47.0 Å². The molecular formula is C28H33N3O6. The second-order valence-electron chi connectivity index (χ2n) is 9.71. The van der Waals surface area contributed by atoms with Gasteiger partial charge in [0.05, 0.1) is 20.8 Å². The third-order valence-corrected chi connectivity index (χ3v) is 7.67. The first-order valence-corrected chi connectivity index (χ1v) is 12.8. The van der Waals surface area contributed by atoms with Gasteiger partial charge in [0.15, 0.2) is 11.5 Å². The standard InChI is InChI=1S/C28H33N3O6/c1-35-23-11-10-21(18-24(23)36-2)25(32)30-16-12-28(13-17-30)31(26(33)20-8-4-3-5-9-20)22(19-37-28)27(34)29-14-6-7-15-29/h3-5,8-11,18,22H,6-7,12-17,19H2,1-2H3/t22-/m1/s1. The Morgan fingerprint density at radius 3 is 2.14 bits per heavy atom. The van der Waals surface area contributed by atoms with E-state index in [1.165, 1.54) is 7.11 Å². The Morgan fingerprint density at radius 1 is 0.811 bits per heavy atom. The number of rotatable bonds is 5. The van der Waals surface area contributed by atoms with Gasteiger partial charge in [-0.05, 0) is 43.2 Å². The van der Waals surface area contributed by atoms with E-state index in [9.17, 15) is 14.4 Å². The van der Waals surface area contributed by atoms with Crippen LogP contribution in [0.3, 0.4) is 0 Å². The first-order chi connectivity index (χ1) is 18.0. The molecular weight excluding hydrogens is 474 g/mol. The SMILES string of the molecule is COc1ccc(C(=O)N2CCC3(CC2)OC[C@H](C(=O)N2CCCC2)N3C(=O)c2ccccc2)cc1OC. The summed E-state index contributed by atoms with van der Waals surface area (Å²) in [5, 5.41) is 0. The first-order valence-electron chi connectivity index (χ1n) is 12.8. The van der Waals surface area contributed by atoms with Gasteiger partial charge >= 0.3 is 0 Å². The van der Waals surface area contributed by atoms with Crippen LogP contribution in [0.15, 0.2) is 48.5 Å². The van der Waals surface area contributed by atoms with Gasteiger partial charge in [0.25, 0.3) is 11.8 Å². The van der Waals surface area contributed by atoms with E-state index < -0.39 is 11.8 Å². The lowest BCUT2D eigenvalue weighted by molar-refractivity contribution is -0.136. The van der Waals surface area contributed by atoms with E-state index >= 15 is 0 Å². The summed E-state index contributed by atoms with van der Waals surface area (Å²) in [4.78, 5) is 45.8. The van der Waals surface area contributed by atoms with Crippen molar-refractivity contribution in [3.63, 3.8) is 0 Å². The van der Waals surface area contributed by atoms with Crippen LogP contribution >= 0.6 is 0 Å². The lowest BCUT2D eigenvalue weighted by Crippen LogP contribution is -2.60. The summed E-state index contributed by atoms with van der Waals surface area (Å²) in [6.45, 7) is 2.39. The molecule has 0 saturated carbocycles. The summed E-state index contributed by atoms with van der Waals surface area (Å²) in [6.07, 6.45) is 2.80. The fourth-order valence-electron chi connectivity index (χ4n) is 5.63. The van der Waals surface area contributed by atoms with Gasteiger partial charge in [-0.15, -0.1) is 0 Å². The van der Waals surface area contributed by atoms with Crippen molar-refractivity contribution in [3.8, 4) is 11.5 Å². The van der Waals surface area contributed by atoms with Crippen LogP contribution in [0.1, 0.15) is 46.4 Å². The predicted molar refractivity (Wildman–Crippen MR) is 136 cm³/mol. The molecule has 3 saturated heterocycles. The van der Waals surface area contributed by atoms with Crippen LogP contribution in [-0.4, -0.2) is 91.2 Å². The van der Waals surface area contributed by atoms with E-state index in [4.69, 9.17) is 14.2 Å². The summed E-state index contributed by atoms with van der Waals surface area (Å²) in [5.74, 6) is 0.654. The fraction of sp³-hybridized carbons (Fsp3) is 0.464. The van der Waals surface area contributed by atoms with E-state index in [1.54, 1.807) is 47.2 Å². The lowest BCUT2D eigenvalue weighted by Gasteiger charge is -2.44. The molecule has 0 bridgehead atoms. The Bertz CT molecular complexity index is 1160. The van der Waals surface area contributed by atoms with Crippen molar-refractivity contribution in [3.05, 3.63) is 59.7 Å². The Kier molecular flexibility index (Phi) is 7.06. The van der Waals surface area contributed by atoms with Crippen molar-refractivity contribution in [2.45, 2.75) is 37.5 Å². The highest BCUT2D eigenvalue weighted by Crippen LogP contribution is 2.40. The van der Waals surface area contributed by atoms with Gasteiger partial charge < -0.3 is 24.0 Å². The van der Waals surface area contributed by atoms with Crippen molar-refractivity contribution in [1.82, 2.24) is 14.7 Å². The van der Waals surface area contributed by atoms with Crippen molar-refractivity contribution in [2.24, 2.45) is 0 Å². The third kappa shape index (κ3) is 4.64. The first kappa shape index (κ1) is 25.1. The van der Waals surface area contributed by atoms with Gasteiger partial charge in [0.2, 0.25) is 5.91 Å². The summed E-state index contributed by atoms with van der Waals surface area (Å²) < 4.78 is 16.9. The Labute approximate surface area is 216 Å². The molecule has 9 nitrogen and oxygen atoms in total. The van der Waals surface area contributed by atoms with Gasteiger partial charge in [0.1, 0.15) is 11.8 Å². The van der Waals surface area contributed by atoms with Crippen molar-refractivity contribution in [1.29, 1.82) is 0 Å². The minimum Gasteiger partial charge on any atom is -0.493 e. The molecule has 3 aliphatic heterocycles. The average Bonchev–Trinajstić information content (AvgIpc) is 3.61. The highest BCUT2D eigenvalue weighted by Gasteiger charge is 2.55. The average molecular weight is 508 g/mol. The molecule has 0 aromatic heterocycles. The maximum absolute atomic E-state index is 13.8. The van der Waals surface area contributed by atoms with E-state index in [0.29, 0.717) is 61.6 Å². The molecule has 2 aromatic rings. The maximum Gasteiger partial charge on any atom is 0.256 e. The number of amides is 3. The molecule has 0 aliphatic carbocycles. The fourth-order valence-corrected chi connectivity index (χ4v) is 5.63. The number of hydrogen-bond donors (Lipinski definition) is 0. The van der Waals surface area contributed by atoms with Gasteiger partial charge in [0, 0.05) is 50.1 Å². The van der Waals surface area contributed by atoms with Crippen LogP contribution in [0.25, 0.3) is 0 Å². The number of carbonyl (C=O) groups excluding carboxylic acids is 3. The molecule has 3 heterocycles. The van der Waals surface area contributed by atoms with Crippen molar-refractivity contribution < 1.29 is 28.6 Å². The van der Waals surface area contributed by atoms with E-state index in [0.717, 1.165) is 12.8 Å². The topological polar surface area (TPSA) is 88.6 Å². The predicted octanol–water partition coefficient (Wildman–Crippen LogP) is 2.80. The largest absolute Gasteiger partial charge is 0.493 e.